The molecule has 1 aromatic heterocycles. The van der Waals surface area contributed by atoms with Crippen molar-refractivity contribution in [3.05, 3.63) is 47.4 Å². The molecule has 5 heteroatoms. The first-order valence-electron chi connectivity index (χ1n) is 7.02. The number of nitrogens with zero attached hydrogens (tertiary/aromatic N) is 2. The van der Waals surface area contributed by atoms with Crippen LogP contribution in [0, 0.1) is 18.7 Å². The fourth-order valence-electron chi connectivity index (χ4n) is 1.79. The van der Waals surface area contributed by atoms with E-state index in [4.69, 9.17) is 4.74 Å². The summed E-state index contributed by atoms with van der Waals surface area (Å²) >= 11 is 0. The van der Waals surface area contributed by atoms with E-state index >= 15 is 0 Å². The Morgan fingerprint density at radius 2 is 2.00 bits per heavy atom. The predicted octanol–water partition coefficient (Wildman–Crippen LogP) is 3.46. The number of rotatable bonds is 6. The summed E-state index contributed by atoms with van der Waals surface area (Å²) in [4.78, 5) is 0. The Balaban J connectivity index is 1.94. The van der Waals surface area contributed by atoms with Crippen molar-refractivity contribution in [3.63, 3.8) is 0 Å². The van der Waals surface area contributed by atoms with Gasteiger partial charge >= 0.3 is 0 Å². The fraction of sp³-hybridized carbons (Fsp3) is 0.375. The van der Waals surface area contributed by atoms with Gasteiger partial charge in [0.05, 0.1) is 5.69 Å². The van der Waals surface area contributed by atoms with E-state index < -0.39 is 0 Å². The van der Waals surface area contributed by atoms with Crippen LogP contribution in [0.15, 0.2) is 30.3 Å². The van der Waals surface area contributed by atoms with Gasteiger partial charge in [-0.1, -0.05) is 13.8 Å². The van der Waals surface area contributed by atoms with Crippen molar-refractivity contribution >= 4 is 0 Å². The number of benzene rings is 1. The molecule has 1 heterocycles. The highest BCUT2D eigenvalue weighted by molar-refractivity contribution is 5.31. The number of nitrogens with one attached hydrogen (secondary N) is 1. The summed E-state index contributed by atoms with van der Waals surface area (Å²) in [6, 6.07) is 8.21. The third-order valence-corrected chi connectivity index (χ3v) is 2.91. The van der Waals surface area contributed by atoms with Crippen molar-refractivity contribution < 1.29 is 9.13 Å². The lowest BCUT2D eigenvalue weighted by Crippen LogP contribution is -2.19. The van der Waals surface area contributed by atoms with E-state index in [1.165, 1.54) is 6.07 Å². The molecule has 1 aromatic carbocycles. The average Bonchev–Trinajstić information content (AvgIpc) is 2.44. The van der Waals surface area contributed by atoms with Crippen LogP contribution >= 0.6 is 0 Å². The molecular weight excluding hydrogens is 269 g/mol. The minimum Gasteiger partial charge on any atom is -0.438 e. The van der Waals surface area contributed by atoms with Gasteiger partial charge in [-0.2, -0.15) is 5.10 Å². The summed E-state index contributed by atoms with van der Waals surface area (Å²) in [6.45, 7) is 7.62. The number of hydrogen-bond donors (Lipinski definition) is 1. The van der Waals surface area contributed by atoms with Crippen molar-refractivity contribution in [1.82, 2.24) is 15.5 Å². The van der Waals surface area contributed by atoms with Crippen LogP contribution < -0.4 is 10.1 Å². The van der Waals surface area contributed by atoms with E-state index in [-0.39, 0.29) is 5.82 Å². The molecule has 0 atom stereocenters. The zero-order chi connectivity index (χ0) is 15.2. The molecule has 0 radical (unpaired) electrons. The molecule has 0 spiro atoms. The SMILES string of the molecule is Cc1cc(Oc2ccc(CNCC(C)C)nn2)ccc1F. The number of hydrogen-bond acceptors (Lipinski definition) is 4. The molecule has 0 unspecified atom stereocenters. The first-order chi connectivity index (χ1) is 10.0. The van der Waals surface area contributed by atoms with Gasteiger partial charge in [-0.05, 0) is 49.2 Å². The molecule has 2 rings (SSSR count). The smallest absolute Gasteiger partial charge is 0.238 e. The van der Waals surface area contributed by atoms with Crippen molar-refractivity contribution in [2.24, 2.45) is 5.92 Å². The van der Waals surface area contributed by atoms with E-state index in [1.807, 2.05) is 6.07 Å². The second-order valence-electron chi connectivity index (χ2n) is 5.40. The van der Waals surface area contributed by atoms with E-state index in [9.17, 15) is 4.39 Å². The van der Waals surface area contributed by atoms with Crippen LogP contribution in [0.3, 0.4) is 0 Å². The second-order valence-corrected chi connectivity index (χ2v) is 5.40. The summed E-state index contributed by atoms with van der Waals surface area (Å²) < 4.78 is 18.7. The first-order valence-corrected chi connectivity index (χ1v) is 7.02. The zero-order valence-corrected chi connectivity index (χ0v) is 12.6. The van der Waals surface area contributed by atoms with Gasteiger partial charge < -0.3 is 10.1 Å². The average molecular weight is 289 g/mol. The molecule has 0 bridgehead atoms. The Hall–Kier alpha value is -2.01. The first kappa shape index (κ1) is 15.4. The summed E-state index contributed by atoms with van der Waals surface area (Å²) in [7, 11) is 0. The molecular formula is C16H20FN3O. The molecule has 112 valence electrons. The standard InChI is InChI=1S/C16H20FN3O/c1-11(2)9-18-10-13-4-7-16(20-19-13)21-14-5-6-15(17)12(3)8-14/h4-8,11,18H,9-10H2,1-3H3. The quantitative estimate of drug-likeness (QED) is 0.884. The maximum absolute atomic E-state index is 13.2. The van der Waals surface area contributed by atoms with E-state index in [0.717, 1.165) is 12.2 Å². The van der Waals surface area contributed by atoms with Gasteiger partial charge in [-0.25, -0.2) is 4.39 Å². The molecule has 0 fully saturated rings. The van der Waals surface area contributed by atoms with Crippen LogP contribution in [0.25, 0.3) is 0 Å². The van der Waals surface area contributed by atoms with Crippen molar-refractivity contribution in [3.8, 4) is 11.6 Å². The molecule has 0 saturated carbocycles. The highest BCUT2D eigenvalue weighted by Crippen LogP contribution is 2.21. The Morgan fingerprint density at radius 3 is 2.62 bits per heavy atom. The Labute approximate surface area is 124 Å². The number of ether oxygens (including phenoxy) is 1. The third-order valence-electron chi connectivity index (χ3n) is 2.91. The molecule has 21 heavy (non-hydrogen) atoms. The molecule has 4 nitrogen and oxygen atoms in total. The molecule has 0 aliphatic rings. The van der Waals surface area contributed by atoms with Crippen LogP contribution in [0.4, 0.5) is 4.39 Å². The highest BCUT2D eigenvalue weighted by atomic mass is 19.1. The van der Waals surface area contributed by atoms with E-state index in [1.54, 1.807) is 25.1 Å². The molecule has 0 aliphatic heterocycles. The third kappa shape index (κ3) is 4.79. The van der Waals surface area contributed by atoms with Crippen LogP contribution in [-0.4, -0.2) is 16.7 Å². The minimum atomic E-state index is -0.250. The maximum atomic E-state index is 13.2. The summed E-state index contributed by atoms with van der Waals surface area (Å²) in [5.41, 5.74) is 1.40. The number of aryl methyl sites for hydroxylation is 1. The van der Waals surface area contributed by atoms with Gasteiger partial charge in [0.2, 0.25) is 5.88 Å². The van der Waals surface area contributed by atoms with Gasteiger partial charge in [0, 0.05) is 12.6 Å². The van der Waals surface area contributed by atoms with Crippen LogP contribution in [0.1, 0.15) is 25.1 Å². The molecule has 2 aromatic rings. The predicted molar refractivity (Wildman–Crippen MR) is 79.8 cm³/mol. The summed E-state index contributed by atoms with van der Waals surface area (Å²) in [6.07, 6.45) is 0. The van der Waals surface area contributed by atoms with E-state index in [2.05, 4.69) is 29.4 Å². The molecule has 0 saturated heterocycles. The molecule has 1 N–H and O–H groups in total. The topological polar surface area (TPSA) is 47.0 Å². The minimum absolute atomic E-state index is 0.250. The fourth-order valence-corrected chi connectivity index (χ4v) is 1.79. The number of aromatic nitrogens is 2. The lowest BCUT2D eigenvalue weighted by atomic mass is 10.2. The lowest BCUT2D eigenvalue weighted by Gasteiger charge is -2.08. The lowest BCUT2D eigenvalue weighted by molar-refractivity contribution is 0.450. The van der Waals surface area contributed by atoms with Crippen molar-refractivity contribution in [2.45, 2.75) is 27.3 Å². The maximum Gasteiger partial charge on any atom is 0.238 e. The summed E-state index contributed by atoms with van der Waals surface area (Å²) in [5.74, 6) is 1.30. The second kappa shape index (κ2) is 7.13. The van der Waals surface area contributed by atoms with Gasteiger partial charge in [0.15, 0.2) is 0 Å². The normalized spacial score (nSPS) is 10.9. The van der Waals surface area contributed by atoms with Crippen molar-refractivity contribution in [1.29, 1.82) is 0 Å². The largest absolute Gasteiger partial charge is 0.438 e. The van der Waals surface area contributed by atoms with Gasteiger partial charge in [0.1, 0.15) is 11.6 Å². The van der Waals surface area contributed by atoms with Crippen molar-refractivity contribution in [2.75, 3.05) is 6.54 Å². The van der Waals surface area contributed by atoms with Gasteiger partial charge in [-0.3, -0.25) is 0 Å². The number of halogens is 1. The van der Waals surface area contributed by atoms with Gasteiger partial charge in [0.25, 0.3) is 0 Å². The van der Waals surface area contributed by atoms with Gasteiger partial charge in [-0.15, -0.1) is 5.10 Å². The highest BCUT2D eigenvalue weighted by Gasteiger charge is 2.04. The Kier molecular flexibility index (Phi) is 5.22. The monoisotopic (exact) mass is 289 g/mol. The Morgan fingerprint density at radius 1 is 1.19 bits per heavy atom. The van der Waals surface area contributed by atoms with Crippen LogP contribution in [-0.2, 0) is 6.54 Å². The van der Waals surface area contributed by atoms with E-state index in [0.29, 0.717) is 29.7 Å². The molecule has 0 amide bonds. The Bertz CT molecular complexity index is 585. The van der Waals surface area contributed by atoms with Crippen LogP contribution in [0.5, 0.6) is 11.6 Å². The zero-order valence-electron chi connectivity index (χ0n) is 12.6. The molecule has 0 aliphatic carbocycles. The summed E-state index contributed by atoms with van der Waals surface area (Å²) in [5, 5.41) is 11.4. The van der Waals surface area contributed by atoms with Crippen LogP contribution in [0.2, 0.25) is 0 Å².